The van der Waals surface area contributed by atoms with E-state index in [0.29, 0.717) is 29.5 Å². The van der Waals surface area contributed by atoms with Crippen LogP contribution >= 0.6 is 0 Å². The first-order chi connectivity index (χ1) is 10.7. The third-order valence-electron chi connectivity index (χ3n) is 3.67. The zero-order valence-corrected chi connectivity index (χ0v) is 11.6. The average molecular weight is 300 g/mol. The van der Waals surface area contributed by atoms with Crippen molar-refractivity contribution in [1.82, 2.24) is 24.6 Å². The highest BCUT2D eigenvalue weighted by Gasteiger charge is 2.21. The number of hydrogen-bond donors (Lipinski definition) is 2. The number of nitrogens with zero attached hydrogens (tertiary/aromatic N) is 4. The van der Waals surface area contributed by atoms with Gasteiger partial charge in [0.1, 0.15) is 0 Å². The second-order valence-electron chi connectivity index (χ2n) is 5.39. The fraction of sp³-hybridized carbons (Fsp3) is 0.286. The molecule has 0 saturated heterocycles. The number of fused-ring (bicyclic) bond motifs is 1. The van der Waals surface area contributed by atoms with Crippen LogP contribution in [0.2, 0.25) is 0 Å². The summed E-state index contributed by atoms with van der Waals surface area (Å²) in [5, 5.41) is 9.23. The molecule has 0 aromatic carbocycles. The zero-order valence-electron chi connectivity index (χ0n) is 11.6. The Morgan fingerprint density at radius 1 is 1.41 bits per heavy atom. The van der Waals surface area contributed by atoms with Crippen molar-refractivity contribution >= 4 is 11.5 Å². The van der Waals surface area contributed by atoms with Gasteiger partial charge in [0.05, 0.1) is 6.20 Å². The van der Waals surface area contributed by atoms with Crippen LogP contribution in [0.3, 0.4) is 0 Å². The van der Waals surface area contributed by atoms with Gasteiger partial charge in [0.15, 0.2) is 23.1 Å². The van der Waals surface area contributed by atoms with Crippen LogP contribution in [0.15, 0.2) is 29.3 Å². The van der Waals surface area contributed by atoms with E-state index in [9.17, 15) is 9.18 Å². The van der Waals surface area contributed by atoms with Gasteiger partial charge in [-0.05, 0) is 30.9 Å². The molecule has 0 aliphatic heterocycles. The van der Waals surface area contributed by atoms with Crippen LogP contribution in [-0.4, -0.2) is 31.1 Å². The fourth-order valence-corrected chi connectivity index (χ4v) is 2.23. The first kappa shape index (κ1) is 12.9. The summed E-state index contributed by atoms with van der Waals surface area (Å²) in [6.45, 7) is 0.716. The van der Waals surface area contributed by atoms with Crippen LogP contribution in [-0.2, 0) is 0 Å². The van der Waals surface area contributed by atoms with Crippen molar-refractivity contribution in [1.29, 1.82) is 0 Å². The number of rotatable bonds is 4. The molecule has 22 heavy (non-hydrogen) atoms. The van der Waals surface area contributed by atoms with Crippen LogP contribution in [0, 0.1) is 11.7 Å². The fourth-order valence-electron chi connectivity index (χ4n) is 2.23. The summed E-state index contributed by atoms with van der Waals surface area (Å²) in [7, 11) is 0. The Bertz CT molecular complexity index is 898. The highest BCUT2D eigenvalue weighted by Crippen LogP contribution is 2.29. The summed E-state index contributed by atoms with van der Waals surface area (Å²) in [4.78, 5) is 19.8. The lowest BCUT2D eigenvalue weighted by molar-refractivity contribution is 0.616. The largest absolute Gasteiger partial charge is 0.367 e. The molecule has 112 valence electrons. The minimum atomic E-state index is -0.481. The molecule has 0 atom stereocenters. The highest BCUT2D eigenvalue weighted by atomic mass is 19.1. The quantitative estimate of drug-likeness (QED) is 0.761. The molecule has 4 rings (SSSR count). The molecule has 0 unspecified atom stereocenters. The van der Waals surface area contributed by atoms with Crippen molar-refractivity contribution in [2.24, 2.45) is 5.92 Å². The van der Waals surface area contributed by atoms with Gasteiger partial charge in [0.2, 0.25) is 0 Å². The van der Waals surface area contributed by atoms with Gasteiger partial charge in [-0.2, -0.15) is 5.10 Å². The molecule has 3 heterocycles. The number of halogens is 1. The summed E-state index contributed by atoms with van der Waals surface area (Å²) in [5.74, 6) is 0.677. The molecule has 1 aliphatic rings. The molecule has 0 bridgehead atoms. The van der Waals surface area contributed by atoms with Gasteiger partial charge in [-0.1, -0.05) is 0 Å². The molecular formula is C14H13FN6O. The SMILES string of the molecule is O=c1[nH]nc2ccc(-c3ncc(F)c(NCC4CC4)n3)cn12. The van der Waals surface area contributed by atoms with E-state index in [4.69, 9.17) is 0 Å². The van der Waals surface area contributed by atoms with E-state index in [0.717, 1.165) is 6.20 Å². The molecule has 0 spiro atoms. The number of hydrogen-bond acceptors (Lipinski definition) is 5. The Hall–Kier alpha value is -2.77. The van der Waals surface area contributed by atoms with E-state index >= 15 is 0 Å². The van der Waals surface area contributed by atoms with Crippen molar-refractivity contribution < 1.29 is 4.39 Å². The molecular weight excluding hydrogens is 287 g/mol. The van der Waals surface area contributed by atoms with E-state index in [1.54, 1.807) is 18.3 Å². The maximum atomic E-state index is 13.8. The number of pyridine rings is 1. The predicted octanol–water partition coefficient (Wildman–Crippen LogP) is 1.44. The van der Waals surface area contributed by atoms with Gasteiger partial charge in [0, 0.05) is 18.3 Å². The molecule has 1 aliphatic carbocycles. The third-order valence-corrected chi connectivity index (χ3v) is 3.67. The first-order valence-corrected chi connectivity index (χ1v) is 7.04. The monoisotopic (exact) mass is 300 g/mol. The second-order valence-corrected chi connectivity index (χ2v) is 5.39. The Morgan fingerprint density at radius 2 is 2.27 bits per heavy atom. The van der Waals surface area contributed by atoms with Gasteiger partial charge < -0.3 is 5.32 Å². The first-order valence-electron chi connectivity index (χ1n) is 7.04. The maximum Gasteiger partial charge on any atom is 0.347 e. The van der Waals surface area contributed by atoms with Crippen LogP contribution in [0.25, 0.3) is 17.0 Å². The van der Waals surface area contributed by atoms with E-state index in [-0.39, 0.29) is 11.5 Å². The molecule has 3 aromatic heterocycles. The second kappa shape index (κ2) is 4.90. The summed E-state index contributed by atoms with van der Waals surface area (Å²) < 4.78 is 15.1. The molecule has 7 nitrogen and oxygen atoms in total. The van der Waals surface area contributed by atoms with Crippen molar-refractivity contribution in [2.75, 3.05) is 11.9 Å². The molecule has 3 aromatic rings. The topological polar surface area (TPSA) is 88.0 Å². The van der Waals surface area contributed by atoms with Gasteiger partial charge in [-0.15, -0.1) is 0 Å². The molecule has 1 saturated carbocycles. The van der Waals surface area contributed by atoms with E-state index in [1.807, 2.05) is 0 Å². The number of H-pyrrole nitrogens is 1. The van der Waals surface area contributed by atoms with Crippen LogP contribution in [0.5, 0.6) is 0 Å². The zero-order chi connectivity index (χ0) is 15.1. The maximum absolute atomic E-state index is 13.8. The van der Waals surface area contributed by atoms with Crippen molar-refractivity contribution in [2.45, 2.75) is 12.8 Å². The van der Waals surface area contributed by atoms with Gasteiger partial charge in [-0.3, -0.25) is 0 Å². The molecule has 0 amide bonds. The molecule has 0 radical (unpaired) electrons. The van der Waals surface area contributed by atoms with Crippen molar-refractivity contribution in [3.8, 4) is 11.4 Å². The van der Waals surface area contributed by atoms with Crippen LogP contribution in [0.4, 0.5) is 10.2 Å². The summed E-state index contributed by atoms with van der Waals surface area (Å²) in [6, 6.07) is 3.42. The Labute approximate surface area is 124 Å². The average Bonchev–Trinajstić information content (AvgIpc) is 3.29. The number of aromatic nitrogens is 5. The summed E-state index contributed by atoms with van der Waals surface area (Å²) >= 11 is 0. The van der Waals surface area contributed by atoms with Crippen LogP contribution in [0.1, 0.15) is 12.8 Å². The lowest BCUT2D eigenvalue weighted by Crippen LogP contribution is -2.10. The molecule has 1 fully saturated rings. The number of nitrogens with one attached hydrogen (secondary N) is 2. The smallest absolute Gasteiger partial charge is 0.347 e. The highest BCUT2D eigenvalue weighted by molar-refractivity contribution is 5.58. The predicted molar refractivity (Wildman–Crippen MR) is 78.0 cm³/mol. The number of anilines is 1. The number of aromatic amines is 1. The molecule has 8 heteroatoms. The summed E-state index contributed by atoms with van der Waals surface area (Å²) in [6.07, 6.45) is 5.07. The van der Waals surface area contributed by atoms with E-state index in [2.05, 4.69) is 25.5 Å². The lowest BCUT2D eigenvalue weighted by Gasteiger charge is -2.07. The van der Waals surface area contributed by atoms with Gasteiger partial charge >= 0.3 is 5.69 Å². The normalized spacial score (nSPS) is 14.4. The van der Waals surface area contributed by atoms with Gasteiger partial charge in [0.25, 0.3) is 0 Å². The Kier molecular flexibility index (Phi) is 2.88. The molecule has 2 N–H and O–H groups in total. The lowest BCUT2D eigenvalue weighted by atomic mass is 10.2. The van der Waals surface area contributed by atoms with Crippen molar-refractivity contribution in [3.63, 3.8) is 0 Å². The van der Waals surface area contributed by atoms with E-state index < -0.39 is 5.82 Å². The minimum absolute atomic E-state index is 0.191. The van der Waals surface area contributed by atoms with Crippen molar-refractivity contribution in [3.05, 3.63) is 40.8 Å². The minimum Gasteiger partial charge on any atom is -0.367 e. The standard InChI is InChI=1S/C14H13FN6O/c15-10-6-17-12(18-13(10)16-5-8-1-2-8)9-3-4-11-19-20-14(22)21(11)7-9/h3-4,6-8H,1-2,5H2,(H,20,22)(H,16,17,18). The Balaban J connectivity index is 1.71. The summed E-state index contributed by atoms with van der Waals surface area (Å²) in [5.41, 5.74) is 0.777. The third kappa shape index (κ3) is 2.32. The Morgan fingerprint density at radius 3 is 3.09 bits per heavy atom. The van der Waals surface area contributed by atoms with E-state index in [1.165, 1.54) is 17.2 Å². The van der Waals surface area contributed by atoms with Crippen LogP contribution < -0.4 is 11.0 Å². The van der Waals surface area contributed by atoms with Gasteiger partial charge in [-0.25, -0.2) is 28.7 Å².